The molecule has 0 aliphatic rings. The Morgan fingerprint density at radius 3 is 2.55 bits per heavy atom. The molecule has 0 aliphatic heterocycles. The predicted molar refractivity (Wildman–Crippen MR) is 107 cm³/mol. The highest BCUT2D eigenvalue weighted by Gasteiger charge is 2.20. The maximum Gasteiger partial charge on any atom is 0.326 e. The summed E-state index contributed by atoms with van der Waals surface area (Å²) in [7, 11) is 0. The number of benzene rings is 2. The monoisotopic (exact) mass is 395 g/mol. The van der Waals surface area contributed by atoms with Crippen molar-refractivity contribution in [1.82, 2.24) is 14.9 Å². The number of fused-ring (bicyclic) bond motifs is 1. The molecule has 0 fully saturated rings. The van der Waals surface area contributed by atoms with E-state index in [1.165, 1.54) is 23.0 Å². The van der Waals surface area contributed by atoms with Crippen molar-refractivity contribution in [3.8, 4) is 5.75 Å². The van der Waals surface area contributed by atoms with Gasteiger partial charge < -0.3 is 15.5 Å². The first-order chi connectivity index (χ1) is 13.9. The highest BCUT2D eigenvalue weighted by molar-refractivity contribution is 5.83. The summed E-state index contributed by atoms with van der Waals surface area (Å²) in [6.45, 7) is 0.305. The molecule has 0 saturated carbocycles. The largest absolute Gasteiger partial charge is 0.508 e. The average Bonchev–Trinajstić information content (AvgIpc) is 2.71. The van der Waals surface area contributed by atoms with Crippen LogP contribution in [-0.4, -0.2) is 37.7 Å². The molecule has 1 heterocycles. The van der Waals surface area contributed by atoms with Crippen LogP contribution in [0.5, 0.6) is 5.75 Å². The van der Waals surface area contributed by atoms with Crippen molar-refractivity contribution in [2.45, 2.75) is 31.8 Å². The number of rotatable bonds is 8. The molecule has 1 unspecified atom stereocenters. The van der Waals surface area contributed by atoms with Crippen LogP contribution in [-0.2, 0) is 22.6 Å². The predicted octanol–water partition coefficient (Wildman–Crippen LogP) is 1.69. The number of phenols is 1. The van der Waals surface area contributed by atoms with E-state index in [0.29, 0.717) is 29.4 Å². The molecule has 8 nitrogen and oxygen atoms in total. The van der Waals surface area contributed by atoms with Gasteiger partial charge in [-0.15, -0.1) is 0 Å². The number of carbonyl (C=O) groups is 2. The third-order valence-corrected chi connectivity index (χ3v) is 4.54. The Labute approximate surface area is 166 Å². The number of aromatic nitrogens is 2. The number of carboxylic acids is 1. The number of carbonyl (C=O) groups excluding carboxylic acids is 1. The minimum Gasteiger partial charge on any atom is -0.508 e. The number of nitrogens with one attached hydrogen (secondary N) is 1. The molecule has 1 amide bonds. The smallest absolute Gasteiger partial charge is 0.326 e. The summed E-state index contributed by atoms with van der Waals surface area (Å²) in [5.41, 5.74) is 1.13. The molecule has 150 valence electrons. The van der Waals surface area contributed by atoms with Crippen LogP contribution in [0.4, 0.5) is 0 Å². The van der Waals surface area contributed by atoms with Crippen LogP contribution in [0.25, 0.3) is 10.9 Å². The van der Waals surface area contributed by atoms with Crippen molar-refractivity contribution in [2.24, 2.45) is 0 Å². The molecule has 2 aromatic carbocycles. The lowest BCUT2D eigenvalue weighted by Crippen LogP contribution is -2.42. The molecule has 8 heteroatoms. The van der Waals surface area contributed by atoms with E-state index in [2.05, 4.69) is 10.3 Å². The maximum atomic E-state index is 12.4. The SMILES string of the molecule is O=C(CCCn1cnc2ccccc2c1=O)NC(Cc1ccc(O)cc1)C(=O)O. The van der Waals surface area contributed by atoms with E-state index in [1.54, 1.807) is 36.4 Å². The van der Waals surface area contributed by atoms with Crippen molar-refractivity contribution in [3.05, 3.63) is 70.8 Å². The Bertz CT molecular complexity index is 1080. The number of carboxylic acid groups (broad SMARTS) is 1. The highest BCUT2D eigenvalue weighted by Crippen LogP contribution is 2.12. The number of amides is 1. The number of nitrogens with zero attached hydrogens (tertiary/aromatic N) is 2. The summed E-state index contributed by atoms with van der Waals surface area (Å²) in [5, 5.41) is 21.7. The molecule has 0 bridgehead atoms. The summed E-state index contributed by atoms with van der Waals surface area (Å²) in [6.07, 6.45) is 2.01. The number of phenolic OH excluding ortho intramolecular Hbond substituents is 1. The number of aryl methyl sites for hydroxylation is 1. The zero-order valence-electron chi connectivity index (χ0n) is 15.6. The van der Waals surface area contributed by atoms with E-state index < -0.39 is 17.9 Å². The van der Waals surface area contributed by atoms with Gasteiger partial charge in [0.2, 0.25) is 5.91 Å². The van der Waals surface area contributed by atoms with Crippen LogP contribution in [0.1, 0.15) is 18.4 Å². The second-order valence-corrected chi connectivity index (χ2v) is 6.69. The first kappa shape index (κ1) is 20.1. The van der Waals surface area contributed by atoms with Gasteiger partial charge in [0.1, 0.15) is 11.8 Å². The fourth-order valence-electron chi connectivity index (χ4n) is 3.01. The van der Waals surface area contributed by atoms with Gasteiger partial charge in [0.05, 0.1) is 17.2 Å². The van der Waals surface area contributed by atoms with E-state index in [9.17, 15) is 24.6 Å². The third-order valence-electron chi connectivity index (χ3n) is 4.54. The van der Waals surface area contributed by atoms with Crippen LogP contribution >= 0.6 is 0 Å². The number of hydrogen-bond donors (Lipinski definition) is 3. The Morgan fingerprint density at radius 2 is 1.83 bits per heavy atom. The lowest BCUT2D eigenvalue weighted by molar-refractivity contribution is -0.141. The second kappa shape index (κ2) is 9.01. The highest BCUT2D eigenvalue weighted by atomic mass is 16.4. The minimum atomic E-state index is -1.14. The van der Waals surface area contributed by atoms with Gasteiger partial charge in [-0.3, -0.25) is 14.2 Å². The second-order valence-electron chi connectivity index (χ2n) is 6.69. The topological polar surface area (TPSA) is 122 Å². The van der Waals surface area contributed by atoms with Gasteiger partial charge in [-0.25, -0.2) is 9.78 Å². The summed E-state index contributed by atoms with van der Waals surface area (Å²) in [6, 6.07) is 12.1. The molecule has 3 aromatic rings. The van der Waals surface area contributed by atoms with Gasteiger partial charge in [-0.2, -0.15) is 0 Å². The van der Waals surface area contributed by atoms with Gasteiger partial charge in [0.15, 0.2) is 0 Å². The van der Waals surface area contributed by atoms with E-state index >= 15 is 0 Å². The van der Waals surface area contributed by atoms with Gasteiger partial charge >= 0.3 is 5.97 Å². The average molecular weight is 395 g/mol. The summed E-state index contributed by atoms with van der Waals surface area (Å²) >= 11 is 0. The van der Waals surface area contributed by atoms with E-state index in [1.807, 2.05) is 0 Å². The van der Waals surface area contributed by atoms with Crippen LogP contribution in [0, 0.1) is 0 Å². The zero-order chi connectivity index (χ0) is 20.8. The number of aromatic hydroxyl groups is 1. The Morgan fingerprint density at radius 1 is 1.10 bits per heavy atom. The molecule has 0 saturated heterocycles. The number of para-hydroxylation sites is 1. The van der Waals surface area contributed by atoms with Crippen molar-refractivity contribution >= 4 is 22.8 Å². The fraction of sp³-hybridized carbons (Fsp3) is 0.238. The standard InChI is InChI=1S/C21H21N3O5/c25-15-9-7-14(8-10-15)12-18(21(28)29)23-19(26)6-3-11-24-13-22-17-5-2-1-4-16(17)20(24)27/h1-2,4-5,7-10,13,18,25H,3,6,11-12H2,(H,23,26)(H,28,29). The maximum absolute atomic E-state index is 12.4. The number of aliphatic carboxylic acids is 1. The van der Waals surface area contributed by atoms with Gasteiger partial charge in [-0.05, 0) is 36.2 Å². The van der Waals surface area contributed by atoms with Crippen molar-refractivity contribution in [2.75, 3.05) is 0 Å². The molecule has 0 aliphatic carbocycles. The zero-order valence-corrected chi connectivity index (χ0v) is 15.6. The summed E-state index contributed by atoms with van der Waals surface area (Å²) < 4.78 is 1.45. The van der Waals surface area contributed by atoms with Crippen molar-refractivity contribution < 1.29 is 19.8 Å². The van der Waals surface area contributed by atoms with E-state index in [4.69, 9.17) is 0 Å². The molecule has 1 atom stereocenters. The third kappa shape index (κ3) is 5.19. The van der Waals surface area contributed by atoms with E-state index in [0.717, 1.165) is 0 Å². The molecular formula is C21H21N3O5. The van der Waals surface area contributed by atoms with E-state index in [-0.39, 0.29) is 24.2 Å². The van der Waals surface area contributed by atoms with Crippen LogP contribution in [0.3, 0.4) is 0 Å². The molecule has 3 rings (SSSR count). The molecule has 3 N–H and O–H groups in total. The fourth-order valence-corrected chi connectivity index (χ4v) is 3.01. The quantitative estimate of drug-likeness (QED) is 0.534. The van der Waals surface area contributed by atoms with Gasteiger partial charge in [0.25, 0.3) is 5.56 Å². The van der Waals surface area contributed by atoms with Crippen LogP contribution in [0.15, 0.2) is 59.7 Å². The normalized spacial score (nSPS) is 11.9. The lowest BCUT2D eigenvalue weighted by Gasteiger charge is -2.15. The van der Waals surface area contributed by atoms with Crippen molar-refractivity contribution in [3.63, 3.8) is 0 Å². The van der Waals surface area contributed by atoms with Crippen LogP contribution < -0.4 is 10.9 Å². The number of hydrogen-bond acceptors (Lipinski definition) is 5. The summed E-state index contributed by atoms with van der Waals surface area (Å²) in [5.74, 6) is -1.46. The molecule has 29 heavy (non-hydrogen) atoms. The first-order valence-corrected chi connectivity index (χ1v) is 9.18. The first-order valence-electron chi connectivity index (χ1n) is 9.18. The Balaban J connectivity index is 1.55. The van der Waals surface area contributed by atoms with Crippen LogP contribution in [0.2, 0.25) is 0 Å². The molecule has 0 radical (unpaired) electrons. The minimum absolute atomic E-state index is 0.0820. The summed E-state index contributed by atoms with van der Waals surface area (Å²) in [4.78, 5) is 40.3. The van der Waals surface area contributed by atoms with Gasteiger partial charge in [-0.1, -0.05) is 24.3 Å². The lowest BCUT2D eigenvalue weighted by atomic mass is 10.1. The van der Waals surface area contributed by atoms with Crippen molar-refractivity contribution in [1.29, 1.82) is 0 Å². The van der Waals surface area contributed by atoms with Gasteiger partial charge in [0, 0.05) is 19.4 Å². The molecule has 1 aromatic heterocycles. The Hall–Kier alpha value is -3.68. The molecule has 0 spiro atoms. The Kier molecular flexibility index (Phi) is 6.23. The molecular weight excluding hydrogens is 374 g/mol.